The summed E-state index contributed by atoms with van der Waals surface area (Å²) in [7, 11) is 0. The Morgan fingerprint density at radius 2 is 1.82 bits per heavy atom. The minimum atomic E-state index is -0.900. The summed E-state index contributed by atoms with van der Waals surface area (Å²) in [5.74, 6) is -0.250. The Balaban J connectivity index is 1.81. The van der Waals surface area contributed by atoms with E-state index in [2.05, 4.69) is 22.4 Å². The Bertz CT molecular complexity index is 862. The third kappa shape index (κ3) is 4.25. The number of nitrogens with zero attached hydrogens (tertiary/aromatic N) is 3. The number of anilines is 1. The highest BCUT2D eigenvalue weighted by Gasteiger charge is 2.42. The Kier molecular flexibility index (Phi) is 6.46. The van der Waals surface area contributed by atoms with Gasteiger partial charge in [-0.2, -0.15) is 0 Å². The van der Waals surface area contributed by atoms with Crippen molar-refractivity contribution in [3.8, 4) is 0 Å². The van der Waals surface area contributed by atoms with Crippen molar-refractivity contribution < 1.29 is 14.4 Å². The molecule has 0 saturated carbocycles. The number of benzene rings is 1. The van der Waals surface area contributed by atoms with Crippen molar-refractivity contribution in [1.29, 1.82) is 0 Å². The first-order chi connectivity index (χ1) is 13.4. The van der Waals surface area contributed by atoms with Crippen LogP contribution in [0.15, 0.2) is 28.6 Å². The van der Waals surface area contributed by atoms with Gasteiger partial charge in [0.15, 0.2) is 4.34 Å². The van der Waals surface area contributed by atoms with Gasteiger partial charge >= 0.3 is 0 Å². The molecule has 1 unspecified atom stereocenters. The number of nitrogens with one attached hydrogen (secondary N) is 1. The lowest BCUT2D eigenvalue weighted by molar-refractivity contribution is -0.120. The molecule has 0 fully saturated rings. The molecule has 1 atom stereocenters. The van der Waals surface area contributed by atoms with Gasteiger partial charge in [-0.15, -0.1) is 10.2 Å². The molecule has 148 valence electrons. The molecule has 3 amide bonds. The van der Waals surface area contributed by atoms with Gasteiger partial charge < -0.3 is 0 Å². The standard InChI is InChI=1S/C19H22N4O3S2/c1-4-9-27-19-22-21-18(28-19)20-15(24)14(10-11(2)3)23-16(25)12-7-5-6-8-13(12)17(23)26/h5-8,11,14H,4,9-10H2,1-3H3,(H,20,21,24). The van der Waals surface area contributed by atoms with Gasteiger partial charge in [-0.1, -0.05) is 56.0 Å². The van der Waals surface area contributed by atoms with E-state index in [1.807, 2.05) is 13.8 Å². The van der Waals surface area contributed by atoms with Crippen LogP contribution in [0.5, 0.6) is 0 Å². The van der Waals surface area contributed by atoms with E-state index < -0.39 is 23.8 Å². The van der Waals surface area contributed by atoms with Crippen LogP contribution in [0, 0.1) is 5.92 Å². The van der Waals surface area contributed by atoms with E-state index in [9.17, 15) is 14.4 Å². The van der Waals surface area contributed by atoms with Crippen LogP contribution in [-0.2, 0) is 4.79 Å². The largest absolute Gasteiger partial charge is 0.299 e. The van der Waals surface area contributed by atoms with Crippen LogP contribution in [0.1, 0.15) is 54.3 Å². The van der Waals surface area contributed by atoms with E-state index in [0.29, 0.717) is 22.7 Å². The van der Waals surface area contributed by atoms with Crippen LogP contribution in [0.4, 0.5) is 5.13 Å². The Morgan fingerprint density at radius 1 is 1.18 bits per heavy atom. The van der Waals surface area contributed by atoms with E-state index in [4.69, 9.17) is 0 Å². The number of hydrogen-bond donors (Lipinski definition) is 1. The second-order valence-electron chi connectivity index (χ2n) is 6.88. The van der Waals surface area contributed by atoms with E-state index in [1.54, 1.807) is 36.0 Å². The number of hydrogen-bond acceptors (Lipinski definition) is 7. The van der Waals surface area contributed by atoms with Crippen molar-refractivity contribution in [3.63, 3.8) is 0 Å². The summed E-state index contributed by atoms with van der Waals surface area (Å²) in [6, 6.07) is 5.75. The van der Waals surface area contributed by atoms with E-state index in [1.165, 1.54) is 11.3 Å². The molecule has 9 heteroatoms. The molecule has 0 aliphatic carbocycles. The molecule has 1 aliphatic heterocycles. The summed E-state index contributed by atoms with van der Waals surface area (Å²) < 4.78 is 0.776. The molecule has 7 nitrogen and oxygen atoms in total. The molecule has 0 saturated heterocycles. The molecule has 28 heavy (non-hydrogen) atoms. The minimum absolute atomic E-state index is 0.116. The maximum absolute atomic E-state index is 13.0. The first-order valence-corrected chi connectivity index (χ1v) is 11.0. The van der Waals surface area contributed by atoms with Gasteiger partial charge in [0.2, 0.25) is 11.0 Å². The monoisotopic (exact) mass is 418 g/mol. The Hall–Kier alpha value is -2.26. The Labute approximate surface area is 171 Å². The molecule has 1 aromatic carbocycles. The number of aromatic nitrogens is 2. The van der Waals surface area contributed by atoms with Crippen molar-refractivity contribution >= 4 is 46.0 Å². The SMILES string of the molecule is CCCSc1nnc(NC(=O)C(CC(C)C)N2C(=O)c3ccccc3C2=O)s1. The van der Waals surface area contributed by atoms with Crippen molar-refractivity contribution in [2.24, 2.45) is 5.92 Å². The third-order valence-electron chi connectivity index (χ3n) is 4.20. The highest BCUT2D eigenvalue weighted by molar-refractivity contribution is 8.01. The average molecular weight is 419 g/mol. The number of carbonyl (C=O) groups is 3. The summed E-state index contributed by atoms with van der Waals surface area (Å²) in [6.45, 7) is 5.97. The van der Waals surface area contributed by atoms with Crippen molar-refractivity contribution in [1.82, 2.24) is 15.1 Å². The van der Waals surface area contributed by atoms with Gasteiger partial charge in [0.05, 0.1) is 11.1 Å². The predicted octanol–water partition coefficient (Wildman–Crippen LogP) is 3.69. The number of carbonyl (C=O) groups excluding carboxylic acids is 3. The zero-order chi connectivity index (χ0) is 20.3. The van der Waals surface area contributed by atoms with Crippen LogP contribution < -0.4 is 5.32 Å². The molecule has 3 rings (SSSR count). The van der Waals surface area contributed by atoms with Crippen molar-refractivity contribution in [2.45, 2.75) is 44.0 Å². The van der Waals surface area contributed by atoms with Crippen LogP contribution >= 0.6 is 23.1 Å². The molecule has 1 aromatic heterocycles. The van der Waals surface area contributed by atoms with E-state index in [-0.39, 0.29) is 5.92 Å². The molecule has 0 radical (unpaired) electrons. The normalized spacial score (nSPS) is 14.5. The van der Waals surface area contributed by atoms with Crippen LogP contribution in [0.25, 0.3) is 0 Å². The molecular formula is C19H22N4O3S2. The number of rotatable bonds is 8. The molecule has 2 heterocycles. The van der Waals surface area contributed by atoms with Gasteiger partial charge in [-0.05, 0) is 30.9 Å². The summed E-state index contributed by atoms with van der Waals surface area (Å²) in [6.07, 6.45) is 1.38. The molecule has 0 bridgehead atoms. The van der Waals surface area contributed by atoms with Gasteiger partial charge in [0.1, 0.15) is 6.04 Å². The van der Waals surface area contributed by atoms with Gasteiger partial charge in [-0.25, -0.2) is 0 Å². The fourth-order valence-corrected chi connectivity index (χ4v) is 4.64. The quantitative estimate of drug-likeness (QED) is 0.399. The second-order valence-corrected chi connectivity index (χ2v) is 9.20. The Morgan fingerprint density at radius 3 is 2.39 bits per heavy atom. The first-order valence-electron chi connectivity index (χ1n) is 9.16. The first kappa shape index (κ1) is 20.5. The molecule has 1 N–H and O–H groups in total. The number of fused-ring (bicyclic) bond motifs is 1. The summed E-state index contributed by atoms with van der Waals surface area (Å²) in [5, 5.41) is 11.2. The molecule has 0 spiro atoms. The van der Waals surface area contributed by atoms with E-state index >= 15 is 0 Å². The third-order valence-corrected chi connectivity index (χ3v) is 6.38. The molecule has 2 aromatic rings. The zero-order valence-electron chi connectivity index (χ0n) is 16.0. The lowest BCUT2D eigenvalue weighted by atomic mass is 10.0. The van der Waals surface area contributed by atoms with Gasteiger partial charge in [0, 0.05) is 5.75 Å². The predicted molar refractivity (Wildman–Crippen MR) is 110 cm³/mol. The van der Waals surface area contributed by atoms with Crippen molar-refractivity contribution in [3.05, 3.63) is 35.4 Å². The van der Waals surface area contributed by atoms with Gasteiger partial charge in [0.25, 0.3) is 11.8 Å². The van der Waals surface area contributed by atoms with Crippen LogP contribution in [0.3, 0.4) is 0 Å². The van der Waals surface area contributed by atoms with Crippen molar-refractivity contribution in [2.75, 3.05) is 11.1 Å². The lowest BCUT2D eigenvalue weighted by Gasteiger charge is -2.26. The maximum atomic E-state index is 13.0. The molecular weight excluding hydrogens is 396 g/mol. The lowest BCUT2D eigenvalue weighted by Crippen LogP contribution is -2.47. The maximum Gasteiger partial charge on any atom is 0.262 e. The fourth-order valence-electron chi connectivity index (χ4n) is 2.96. The smallest absolute Gasteiger partial charge is 0.262 e. The van der Waals surface area contributed by atoms with Crippen LogP contribution in [-0.4, -0.2) is 44.6 Å². The summed E-state index contributed by atoms with van der Waals surface area (Å²) >= 11 is 2.87. The second kappa shape index (κ2) is 8.83. The number of thioether (sulfide) groups is 1. The zero-order valence-corrected chi connectivity index (χ0v) is 17.6. The topological polar surface area (TPSA) is 92.3 Å². The highest BCUT2D eigenvalue weighted by atomic mass is 32.2. The number of amides is 3. The highest BCUT2D eigenvalue weighted by Crippen LogP contribution is 2.29. The van der Waals surface area contributed by atoms with E-state index in [0.717, 1.165) is 21.4 Å². The average Bonchev–Trinajstić information content (AvgIpc) is 3.21. The van der Waals surface area contributed by atoms with Gasteiger partial charge in [-0.3, -0.25) is 24.6 Å². The summed E-state index contributed by atoms with van der Waals surface area (Å²) in [5.41, 5.74) is 0.673. The number of imide groups is 1. The fraction of sp³-hybridized carbons (Fsp3) is 0.421. The molecule has 1 aliphatic rings. The minimum Gasteiger partial charge on any atom is -0.299 e. The summed E-state index contributed by atoms with van der Waals surface area (Å²) in [4.78, 5) is 39.7. The van der Waals surface area contributed by atoms with Crippen LogP contribution in [0.2, 0.25) is 0 Å².